The van der Waals surface area contributed by atoms with Gasteiger partial charge in [0.05, 0.1) is 18.3 Å². The van der Waals surface area contributed by atoms with Gasteiger partial charge in [0.15, 0.2) is 6.10 Å². The van der Waals surface area contributed by atoms with Gasteiger partial charge in [-0.2, -0.15) is 13.2 Å². The lowest BCUT2D eigenvalue weighted by Crippen LogP contribution is -2.38. The van der Waals surface area contributed by atoms with Crippen LogP contribution in [0.25, 0.3) is 0 Å². The Kier molecular flexibility index (Phi) is 7.79. The minimum absolute atomic E-state index is 0.0747. The van der Waals surface area contributed by atoms with Crippen molar-refractivity contribution in [1.29, 1.82) is 0 Å². The van der Waals surface area contributed by atoms with Gasteiger partial charge >= 0.3 is 12.2 Å². The summed E-state index contributed by atoms with van der Waals surface area (Å²) in [6.45, 7) is 4.94. The number of nitrogens with zero attached hydrogens (tertiary/aromatic N) is 2. The fourth-order valence-electron chi connectivity index (χ4n) is 2.47. The maximum Gasteiger partial charge on any atom is 0.425 e. The molecule has 2 aromatic rings. The van der Waals surface area contributed by atoms with E-state index in [1.807, 2.05) is 13.8 Å². The predicted molar refractivity (Wildman–Crippen MR) is 99.5 cm³/mol. The summed E-state index contributed by atoms with van der Waals surface area (Å²) < 4.78 is 61.1. The highest BCUT2D eigenvalue weighted by Gasteiger charge is 2.38. The summed E-state index contributed by atoms with van der Waals surface area (Å²) in [4.78, 5) is 19.6. The minimum Gasteiger partial charge on any atom is -0.491 e. The molecule has 0 saturated carbocycles. The van der Waals surface area contributed by atoms with Crippen LogP contribution in [0, 0.1) is 5.82 Å². The average Bonchev–Trinajstić information content (AvgIpc) is 3.09. The average molecular weight is 430 g/mol. The highest BCUT2D eigenvalue weighted by atomic mass is 19.4. The lowest BCUT2D eigenvalue weighted by molar-refractivity contribution is -0.190. The Morgan fingerprint density at radius 2 is 2.03 bits per heavy atom. The van der Waals surface area contributed by atoms with Crippen LogP contribution in [0.15, 0.2) is 30.6 Å². The number of urea groups is 1. The molecule has 0 spiro atoms. The molecule has 2 amide bonds. The Labute approximate surface area is 170 Å². The first kappa shape index (κ1) is 23.2. The predicted octanol–water partition coefficient (Wildman–Crippen LogP) is 3.90. The molecule has 1 aromatic carbocycles. The third kappa shape index (κ3) is 6.19. The second kappa shape index (κ2) is 10.1. The molecule has 1 aliphatic heterocycles. The van der Waals surface area contributed by atoms with Gasteiger partial charge in [-0.05, 0) is 25.1 Å². The van der Waals surface area contributed by atoms with E-state index in [2.05, 4.69) is 20.6 Å². The number of fused-ring (bicyclic) bond motifs is 1. The molecule has 164 valence electrons. The van der Waals surface area contributed by atoms with E-state index >= 15 is 0 Å². The van der Waals surface area contributed by atoms with E-state index in [0.29, 0.717) is 11.3 Å². The summed E-state index contributed by atoms with van der Waals surface area (Å²) in [5.41, 5.74) is 0.776. The number of ether oxygens (including phenoxy) is 2. The fourth-order valence-corrected chi connectivity index (χ4v) is 2.47. The maximum atomic E-state index is 13.4. The maximum absolute atomic E-state index is 13.4. The number of carbonyl (C=O) groups is 1. The molecular formula is C19H22F4N4O3. The molecule has 0 aliphatic carbocycles. The second-order valence-corrected chi connectivity index (χ2v) is 6.02. The first-order valence-electron chi connectivity index (χ1n) is 9.23. The smallest absolute Gasteiger partial charge is 0.425 e. The van der Waals surface area contributed by atoms with Crippen LogP contribution in [0.2, 0.25) is 0 Å². The first-order valence-corrected chi connectivity index (χ1v) is 9.23. The molecule has 1 aliphatic rings. The second-order valence-electron chi connectivity index (χ2n) is 6.02. The van der Waals surface area contributed by atoms with E-state index in [9.17, 15) is 22.4 Å². The fraction of sp³-hybridized carbons (Fsp3) is 0.421. The number of carbonyl (C=O) groups excluding carboxylic acids is 1. The zero-order valence-electron chi connectivity index (χ0n) is 16.6. The normalized spacial score (nSPS) is 15.8. The Bertz CT molecular complexity index is 864. The molecule has 7 nitrogen and oxygen atoms in total. The SMILES string of the molecule is CC.CC(Oc1cc(CNC(=O)NC2COc3ccc(F)cc32)ncn1)C(F)(F)F. The third-order valence-electron chi connectivity index (χ3n) is 3.95. The van der Waals surface area contributed by atoms with E-state index in [1.54, 1.807) is 0 Å². The van der Waals surface area contributed by atoms with E-state index < -0.39 is 30.2 Å². The van der Waals surface area contributed by atoms with Crippen molar-refractivity contribution < 1.29 is 31.8 Å². The van der Waals surface area contributed by atoms with Crippen LogP contribution in [0.3, 0.4) is 0 Å². The van der Waals surface area contributed by atoms with Crippen LogP contribution < -0.4 is 20.1 Å². The van der Waals surface area contributed by atoms with Gasteiger partial charge in [-0.3, -0.25) is 0 Å². The number of halogens is 4. The number of alkyl halides is 3. The van der Waals surface area contributed by atoms with Crippen LogP contribution in [0.5, 0.6) is 11.6 Å². The van der Waals surface area contributed by atoms with Gasteiger partial charge < -0.3 is 20.1 Å². The van der Waals surface area contributed by atoms with Gasteiger partial charge in [0.1, 0.15) is 24.5 Å². The highest BCUT2D eigenvalue weighted by molar-refractivity contribution is 5.74. The van der Waals surface area contributed by atoms with E-state index in [0.717, 1.165) is 13.3 Å². The summed E-state index contributed by atoms with van der Waals surface area (Å²) in [5.74, 6) is -0.216. The molecule has 2 N–H and O–H groups in total. The number of benzene rings is 1. The van der Waals surface area contributed by atoms with Crippen LogP contribution in [-0.4, -0.2) is 34.9 Å². The minimum atomic E-state index is -4.53. The molecule has 0 bridgehead atoms. The molecule has 2 heterocycles. The van der Waals surface area contributed by atoms with E-state index in [-0.39, 0.29) is 24.7 Å². The number of rotatable bonds is 5. The van der Waals surface area contributed by atoms with Crippen LogP contribution in [0.1, 0.15) is 38.1 Å². The van der Waals surface area contributed by atoms with E-state index in [1.165, 1.54) is 24.3 Å². The quantitative estimate of drug-likeness (QED) is 0.703. The van der Waals surface area contributed by atoms with E-state index in [4.69, 9.17) is 9.47 Å². The van der Waals surface area contributed by atoms with Crippen molar-refractivity contribution in [3.8, 4) is 11.6 Å². The summed E-state index contributed by atoms with van der Waals surface area (Å²) in [7, 11) is 0. The van der Waals surface area contributed by atoms with Crippen molar-refractivity contribution in [2.24, 2.45) is 0 Å². The monoisotopic (exact) mass is 430 g/mol. The van der Waals surface area contributed by atoms with Gasteiger partial charge in [0, 0.05) is 11.6 Å². The molecule has 0 saturated heterocycles. The van der Waals surface area contributed by atoms with Gasteiger partial charge in [-0.15, -0.1) is 0 Å². The van der Waals surface area contributed by atoms with Crippen molar-refractivity contribution in [3.05, 3.63) is 47.7 Å². The van der Waals surface area contributed by atoms with Gasteiger partial charge in [0.25, 0.3) is 0 Å². The topological polar surface area (TPSA) is 85.4 Å². The number of amides is 2. The molecule has 2 atom stereocenters. The summed E-state index contributed by atoms with van der Waals surface area (Å²) in [6.07, 6.45) is -5.52. The molecular weight excluding hydrogens is 408 g/mol. The lowest BCUT2D eigenvalue weighted by Gasteiger charge is -2.17. The molecule has 0 radical (unpaired) electrons. The number of nitrogens with one attached hydrogen (secondary N) is 2. The standard InChI is InChI=1S/C17H16F4N4O3.C2H6/c1-9(17(19,20)21)28-15-5-11(23-8-24-15)6-22-16(26)25-13-7-27-14-3-2-10(18)4-12(13)14;1-2/h2-5,8-9,13H,6-7H2,1H3,(H2,22,25,26);1-2H3. The molecule has 30 heavy (non-hydrogen) atoms. The zero-order valence-corrected chi connectivity index (χ0v) is 16.6. The summed E-state index contributed by atoms with van der Waals surface area (Å²) in [6, 6.07) is 4.12. The zero-order chi connectivity index (χ0) is 22.3. The van der Waals surface area contributed by atoms with Crippen molar-refractivity contribution in [2.75, 3.05) is 6.61 Å². The molecule has 1 aromatic heterocycles. The van der Waals surface area contributed by atoms with Gasteiger partial charge in [-0.25, -0.2) is 19.2 Å². The molecule has 11 heteroatoms. The summed E-state index contributed by atoms with van der Waals surface area (Å²) >= 11 is 0. The molecule has 3 rings (SSSR count). The van der Waals surface area contributed by atoms with Crippen LogP contribution in [-0.2, 0) is 6.54 Å². The Morgan fingerprint density at radius 1 is 1.30 bits per heavy atom. The van der Waals surface area contributed by atoms with Crippen LogP contribution >= 0.6 is 0 Å². The van der Waals surface area contributed by atoms with Crippen molar-refractivity contribution >= 4 is 6.03 Å². The van der Waals surface area contributed by atoms with Crippen molar-refractivity contribution in [3.63, 3.8) is 0 Å². The van der Waals surface area contributed by atoms with Crippen LogP contribution in [0.4, 0.5) is 22.4 Å². The van der Waals surface area contributed by atoms with Gasteiger partial charge in [-0.1, -0.05) is 13.8 Å². The molecule has 0 fully saturated rings. The lowest BCUT2D eigenvalue weighted by atomic mass is 10.1. The third-order valence-corrected chi connectivity index (χ3v) is 3.95. The Morgan fingerprint density at radius 3 is 2.73 bits per heavy atom. The Hall–Kier alpha value is -3.11. The van der Waals surface area contributed by atoms with Crippen molar-refractivity contribution in [1.82, 2.24) is 20.6 Å². The number of aromatic nitrogens is 2. The van der Waals surface area contributed by atoms with Crippen molar-refractivity contribution in [2.45, 2.75) is 45.6 Å². The largest absolute Gasteiger partial charge is 0.491 e. The molecule has 2 unspecified atom stereocenters. The Balaban J connectivity index is 0.00000155. The number of hydrogen-bond acceptors (Lipinski definition) is 5. The summed E-state index contributed by atoms with van der Waals surface area (Å²) in [5, 5.41) is 5.15. The highest BCUT2D eigenvalue weighted by Crippen LogP contribution is 2.32. The first-order chi connectivity index (χ1) is 14.2. The number of hydrogen-bond donors (Lipinski definition) is 2. The van der Waals surface area contributed by atoms with Gasteiger partial charge in [0.2, 0.25) is 5.88 Å².